The minimum absolute atomic E-state index is 0.410. The summed E-state index contributed by atoms with van der Waals surface area (Å²) >= 11 is 11.9. The minimum Gasteiger partial charge on any atom is -0.245 e. The largest absolute Gasteiger partial charge is 0.245 e. The summed E-state index contributed by atoms with van der Waals surface area (Å²) in [6.07, 6.45) is 1.64. The lowest BCUT2D eigenvalue weighted by Crippen LogP contribution is -2.37. The van der Waals surface area contributed by atoms with Crippen molar-refractivity contribution in [1.29, 1.82) is 0 Å². The van der Waals surface area contributed by atoms with E-state index < -0.39 is 0 Å². The summed E-state index contributed by atoms with van der Waals surface area (Å²) in [4.78, 5) is 0. The summed E-state index contributed by atoms with van der Waals surface area (Å²) in [6, 6.07) is 3.75. The molecule has 0 saturated carbocycles. The Hall–Kier alpha value is -0.970. The monoisotopic (exact) mass is 244 g/mol. The number of hydrogen-bond acceptors (Lipinski definition) is 4. The number of hydrazine groups is 2. The van der Waals surface area contributed by atoms with Gasteiger partial charge in [-0.1, -0.05) is 11.6 Å². The molecule has 1 aliphatic rings. The van der Waals surface area contributed by atoms with Crippen LogP contribution in [-0.2, 0) is 5.88 Å². The first-order valence-corrected chi connectivity index (χ1v) is 5.32. The zero-order chi connectivity index (χ0) is 10.8. The van der Waals surface area contributed by atoms with Crippen molar-refractivity contribution in [3.63, 3.8) is 0 Å². The highest BCUT2D eigenvalue weighted by Crippen LogP contribution is 2.29. The molecule has 80 valence electrons. The first-order valence-electron chi connectivity index (χ1n) is 4.41. The molecule has 0 saturated heterocycles. The maximum atomic E-state index is 6.02. The summed E-state index contributed by atoms with van der Waals surface area (Å²) in [5, 5.41) is 6.30. The van der Waals surface area contributed by atoms with Crippen LogP contribution in [0.1, 0.15) is 11.1 Å². The Labute approximate surface area is 97.8 Å². The molecular weight excluding hydrogens is 235 g/mol. The second-order valence-corrected chi connectivity index (χ2v) is 3.82. The molecule has 0 spiro atoms. The maximum Gasteiger partial charge on any atom is 0.133 e. The standard InChI is InChI=1S/C9H10Cl2N4/c1-6-7(4-10)9(3-2-8(6)11)15-5-12-13-14-15/h2-3,5,13-14H,4H2,1H3. The van der Waals surface area contributed by atoms with Crippen LogP contribution in [0, 0.1) is 6.92 Å². The van der Waals surface area contributed by atoms with Gasteiger partial charge in [0.25, 0.3) is 0 Å². The molecule has 1 aliphatic heterocycles. The van der Waals surface area contributed by atoms with Crippen LogP contribution in [0.5, 0.6) is 0 Å². The molecule has 0 fully saturated rings. The van der Waals surface area contributed by atoms with E-state index in [0.29, 0.717) is 5.88 Å². The van der Waals surface area contributed by atoms with Crippen LogP contribution in [0.25, 0.3) is 0 Å². The Morgan fingerprint density at radius 1 is 1.47 bits per heavy atom. The highest BCUT2D eigenvalue weighted by Gasteiger charge is 2.14. The number of nitrogens with zero attached hydrogens (tertiary/aromatic N) is 2. The highest BCUT2D eigenvalue weighted by molar-refractivity contribution is 6.31. The normalized spacial score (nSPS) is 14.5. The molecule has 1 aromatic carbocycles. The van der Waals surface area contributed by atoms with E-state index >= 15 is 0 Å². The van der Waals surface area contributed by atoms with Gasteiger partial charge >= 0.3 is 0 Å². The van der Waals surface area contributed by atoms with Crippen LogP contribution >= 0.6 is 23.2 Å². The van der Waals surface area contributed by atoms with E-state index in [0.717, 1.165) is 21.8 Å². The topological polar surface area (TPSA) is 39.7 Å². The number of hydrogen-bond donors (Lipinski definition) is 2. The van der Waals surface area contributed by atoms with Crippen molar-refractivity contribution < 1.29 is 0 Å². The zero-order valence-corrected chi connectivity index (χ0v) is 9.60. The van der Waals surface area contributed by atoms with Gasteiger partial charge in [0.1, 0.15) is 6.34 Å². The van der Waals surface area contributed by atoms with Gasteiger partial charge in [-0.05, 0) is 30.2 Å². The summed E-state index contributed by atoms with van der Waals surface area (Å²) in [5.41, 5.74) is 8.41. The lowest BCUT2D eigenvalue weighted by molar-refractivity contribution is 0.622. The zero-order valence-electron chi connectivity index (χ0n) is 8.09. The van der Waals surface area contributed by atoms with Crippen LogP contribution < -0.4 is 16.1 Å². The van der Waals surface area contributed by atoms with E-state index in [4.69, 9.17) is 23.2 Å². The van der Waals surface area contributed by atoms with Crippen molar-refractivity contribution in [2.24, 2.45) is 5.10 Å². The molecule has 1 heterocycles. The molecule has 0 amide bonds. The third-order valence-electron chi connectivity index (χ3n) is 2.31. The van der Waals surface area contributed by atoms with Crippen LogP contribution in [0.3, 0.4) is 0 Å². The number of halogens is 2. The molecule has 0 atom stereocenters. The molecule has 15 heavy (non-hydrogen) atoms. The molecule has 6 heteroatoms. The Morgan fingerprint density at radius 3 is 2.87 bits per heavy atom. The molecule has 4 nitrogen and oxygen atoms in total. The lowest BCUT2D eigenvalue weighted by atomic mass is 10.1. The Bertz CT molecular complexity index is 405. The fraction of sp³-hybridized carbons (Fsp3) is 0.222. The third kappa shape index (κ3) is 1.88. The van der Waals surface area contributed by atoms with E-state index in [-0.39, 0.29) is 0 Å². The molecule has 2 N–H and O–H groups in total. The Morgan fingerprint density at radius 2 is 2.27 bits per heavy atom. The summed E-state index contributed by atoms with van der Waals surface area (Å²) in [5.74, 6) is 0.410. The summed E-state index contributed by atoms with van der Waals surface area (Å²) < 4.78 is 0. The maximum absolute atomic E-state index is 6.02. The molecule has 0 radical (unpaired) electrons. The minimum atomic E-state index is 0.410. The molecule has 0 aliphatic carbocycles. The lowest BCUT2D eigenvalue weighted by Gasteiger charge is -2.18. The number of anilines is 1. The summed E-state index contributed by atoms with van der Waals surface area (Å²) in [6.45, 7) is 1.95. The van der Waals surface area contributed by atoms with Crippen molar-refractivity contribution in [3.8, 4) is 0 Å². The molecule has 1 aromatic rings. The van der Waals surface area contributed by atoms with Gasteiger partial charge in [0.15, 0.2) is 0 Å². The van der Waals surface area contributed by atoms with Crippen molar-refractivity contribution in [2.45, 2.75) is 12.8 Å². The van der Waals surface area contributed by atoms with Gasteiger partial charge < -0.3 is 0 Å². The number of nitrogens with one attached hydrogen (secondary N) is 2. The van der Waals surface area contributed by atoms with E-state index in [1.165, 1.54) is 0 Å². The van der Waals surface area contributed by atoms with Crippen molar-refractivity contribution in [3.05, 3.63) is 28.3 Å². The first-order chi connectivity index (χ1) is 7.24. The van der Waals surface area contributed by atoms with Crippen LogP contribution in [0.4, 0.5) is 5.69 Å². The van der Waals surface area contributed by atoms with Crippen LogP contribution in [-0.4, -0.2) is 6.34 Å². The quantitative estimate of drug-likeness (QED) is 0.784. The van der Waals surface area contributed by atoms with E-state index in [9.17, 15) is 0 Å². The fourth-order valence-corrected chi connectivity index (χ4v) is 1.94. The van der Waals surface area contributed by atoms with E-state index in [2.05, 4.69) is 16.2 Å². The van der Waals surface area contributed by atoms with Gasteiger partial charge in [-0.2, -0.15) is 5.10 Å². The number of hydrazone groups is 1. The van der Waals surface area contributed by atoms with Crippen molar-refractivity contribution in [1.82, 2.24) is 11.1 Å². The van der Waals surface area contributed by atoms with Gasteiger partial charge in [0.2, 0.25) is 0 Å². The second-order valence-electron chi connectivity index (χ2n) is 3.14. The highest BCUT2D eigenvalue weighted by atomic mass is 35.5. The predicted molar refractivity (Wildman–Crippen MR) is 63.0 cm³/mol. The second kappa shape index (κ2) is 4.26. The first kappa shape index (κ1) is 10.5. The van der Waals surface area contributed by atoms with Gasteiger partial charge in [0, 0.05) is 10.9 Å². The Balaban J connectivity index is 2.46. The average molecular weight is 245 g/mol. The Kier molecular flexibility index (Phi) is 3.00. The van der Waals surface area contributed by atoms with Gasteiger partial charge in [-0.25, -0.2) is 10.5 Å². The van der Waals surface area contributed by atoms with E-state index in [1.54, 1.807) is 11.3 Å². The SMILES string of the molecule is Cc1c(Cl)ccc(N2C=NNN2)c1CCl. The number of alkyl halides is 1. The predicted octanol–water partition coefficient (Wildman–Crippen LogP) is 2.16. The van der Waals surface area contributed by atoms with E-state index in [1.807, 2.05) is 19.1 Å². The van der Waals surface area contributed by atoms with Crippen LogP contribution in [0.15, 0.2) is 17.2 Å². The van der Waals surface area contributed by atoms with Crippen LogP contribution in [0.2, 0.25) is 5.02 Å². The molecule has 0 bridgehead atoms. The third-order valence-corrected chi connectivity index (χ3v) is 2.99. The number of benzene rings is 1. The van der Waals surface area contributed by atoms with Crippen molar-refractivity contribution in [2.75, 3.05) is 5.01 Å². The van der Waals surface area contributed by atoms with Gasteiger partial charge in [-0.3, -0.25) is 0 Å². The smallest absolute Gasteiger partial charge is 0.133 e. The molecule has 0 unspecified atom stereocenters. The fourth-order valence-electron chi connectivity index (χ4n) is 1.43. The molecular formula is C9H10Cl2N4. The summed E-state index contributed by atoms with van der Waals surface area (Å²) in [7, 11) is 0. The average Bonchev–Trinajstić information content (AvgIpc) is 2.75. The molecule has 0 aromatic heterocycles. The van der Waals surface area contributed by atoms with Crippen molar-refractivity contribution >= 4 is 35.2 Å². The number of rotatable bonds is 2. The van der Waals surface area contributed by atoms with Gasteiger partial charge in [-0.15, -0.1) is 17.1 Å². The molecule has 2 rings (SSSR count). The van der Waals surface area contributed by atoms with Gasteiger partial charge in [0.05, 0.1) is 5.69 Å².